The Hall–Kier alpha value is -1.21. The van der Waals surface area contributed by atoms with E-state index in [2.05, 4.69) is 0 Å². The smallest absolute Gasteiger partial charge is 0.341 e. The highest BCUT2D eigenvalue weighted by molar-refractivity contribution is 7.64. The second kappa shape index (κ2) is 10.7. The highest BCUT2D eigenvalue weighted by atomic mass is 35.8. The number of unbranched alkanes of at least 4 members (excludes halogenated alkanes) is 2. The standard InChI is InChI=1S/C16H19Cl3O5Si/c1-23-14-11-12(7-9-15(20)21)6-8-13(14)24-16(22)5-3-2-4-10-25(17,18)19/h6-9,11H,2-5,10H2,1H3,(H,20,21)/b9-7+. The third-order valence-electron chi connectivity index (χ3n) is 3.17. The van der Waals surface area contributed by atoms with E-state index in [1.807, 2.05) is 0 Å². The van der Waals surface area contributed by atoms with Crippen molar-refractivity contribution in [3.05, 3.63) is 29.8 Å². The first-order valence-electron chi connectivity index (χ1n) is 7.58. The molecular formula is C16H19Cl3O5Si. The van der Waals surface area contributed by atoms with E-state index >= 15 is 0 Å². The van der Waals surface area contributed by atoms with Crippen molar-refractivity contribution < 1.29 is 24.2 Å². The lowest BCUT2D eigenvalue weighted by atomic mass is 10.2. The molecule has 0 saturated heterocycles. The fourth-order valence-corrected chi connectivity index (χ4v) is 3.84. The Balaban J connectivity index is 2.52. The summed E-state index contributed by atoms with van der Waals surface area (Å²) in [5.41, 5.74) is 0.620. The zero-order valence-corrected chi connectivity index (χ0v) is 16.9. The number of benzene rings is 1. The van der Waals surface area contributed by atoms with Crippen LogP contribution in [0.25, 0.3) is 6.08 Å². The molecule has 0 spiro atoms. The van der Waals surface area contributed by atoms with Crippen LogP contribution >= 0.6 is 33.2 Å². The van der Waals surface area contributed by atoms with Crippen LogP contribution in [0.4, 0.5) is 0 Å². The quantitative estimate of drug-likeness (QED) is 0.144. The van der Waals surface area contributed by atoms with Gasteiger partial charge in [0.15, 0.2) is 11.5 Å². The maximum absolute atomic E-state index is 11.9. The van der Waals surface area contributed by atoms with Crippen molar-refractivity contribution in [2.24, 2.45) is 0 Å². The first-order valence-corrected chi connectivity index (χ1v) is 12.8. The van der Waals surface area contributed by atoms with Gasteiger partial charge in [0.2, 0.25) is 0 Å². The molecule has 0 atom stereocenters. The van der Waals surface area contributed by atoms with Crippen LogP contribution in [0.1, 0.15) is 31.2 Å². The second-order valence-electron chi connectivity index (χ2n) is 5.23. The monoisotopic (exact) mass is 424 g/mol. The number of rotatable bonds is 10. The summed E-state index contributed by atoms with van der Waals surface area (Å²) in [6, 6.07) is 2.78. The van der Waals surface area contributed by atoms with Crippen LogP contribution in [-0.2, 0) is 9.59 Å². The van der Waals surface area contributed by atoms with Crippen LogP contribution in [-0.4, -0.2) is 30.2 Å². The summed E-state index contributed by atoms with van der Waals surface area (Å²) < 4.78 is 10.5. The number of carboxylic acids is 1. The van der Waals surface area contributed by atoms with Crippen molar-refractivity contribution in [2.75, 3.05) is 7.11 Å². The van der Waals surface area contributed by atoms with Crippen molar-refractivity contribution in [1.29, 1.82) is 0 Å². The maximum atomic E-state index is 11.9. The molecule has 0 aliphatic rings. The van der Waals surface area contributed by atoms with Crippen LogP contribution in [0.15, 0.2) is 24.3 Å². The average molecular weight is 426 g/mol. The number of aliphatic carboxylic acids is 1. The highest BCUT2D eigenvalue weighted by Crippen LogP contribution is 2.30. The molecule has 1 rings (SSSR count). The number of hydrogen-bond donors (Lipinski definition) is 1. The molecule has 25 heavy (non-hydrogen) atoms. The van der Waals surface area contributed by atoms with Crippen molar-refractivity contribution in [2.45, 2.75) is 31.7 Å². The zero-order valence-electron chi connectivity index (χ0n) is 13.6. The SMILES string of the molecule is COc1cc(/C=C/C(=O)O)ccc1OC(=O)CCCCC[Si](Cl)(Cl)Cl. The van der Waals surface area contributed by atoms with Gasteiger partial charge in [-0.2, -0.15) is 0 Å². The molecule has 0 bridgehead atoms. The Morgan fingerprint density at radius 1 is 1.16 bits per heavy atom. The first-order chi connectivity index (χ1) is 11.7. The van der Waals surface area contributed by atoms with Crippen LogP contribution < -0.4 is 9.47 Å². The number of carboxylic acid groups (broad SMARTS) is 1. The minimum atomic E-state index is -2.59. The lowest BCUT2D eigenvalue weighted by Crippen LogP contribution is -2.10. The Morgan fingerprint density at radius 2 is 1.88 bits per heavy atom. The second-order valence-corrected chi connectivity index (χ2v) is 14.5. The molecule has 0 aliphatic heterocycles. The lowest BCUT2D eigenvalue weighted by Gasteiger charge is -2.10. The van der Waals surface area contributed by atoms with E-state index in [-0.39, 0.29) is 18.1 Å². The van der Waals surface area contributed by atoms with Gasteiger partial charge in [-0.15, -0.1) is 33.2 Å². The van der Waals surface area contributed by atoms with Crippen LogP contribution in [0.3, 0.4) is 0 Å². The van der Waals surface area contributed by atoms with Gasteiger partial charge in [0.1, 0.15) is 0 Å². The Labute approximate surface area is 161 Å². The third-order valence-corrected chi connectivity index (χ3v) is 5.79. The number of carbonyl (C=O) groups is 2. The number of hydrogen-bond acceptors (Lipinski definition) is 4. The minimum absolute atomic E-state index is 0.255. The molecule has 0 aromatic heterocycles. The summed E-state index contributed by atoms with van der Waals surface area (Å²) in [5, 5.41) is 8.63. The molecule has 138 valence electrons. The van der Waals surface area contributed by atoms with Gasteiger partial charge in [0, 0.05) is 12.5 Å². The largest absolute Gasteiger partial charge is 0.493 e. The van der Waals surface area contributed by atoms with Crippen LogP contribution in [0, 0.1) is 0 Å². The minimum Gasteiger partial charge on any atom is -0.493 e. The summed E-state index contributed by atoms with van der Waals surface area (Å²) in [5.74, 6) is -0.790. The summed E-state index contributed by atoms with van der Waals surface area (Å²) in [6.07, 6.45) is 4.89. The fraction of sp³-hybridized carbons (Fsp3) is 0.375. The van der Waals surface area contributed by atoms with Gasteiger partial charge in [-0.05, 0) is 36.2 Å². The molecule has 5 nitrogen and oxygen atoms in total. The summed E-state index contributed by atoms with van der Waals surface area (Å²) in [7, 11) is 1.44. The molecule has 1 aromatic rings. The lowest BCUT2D eigenvalue weighted by molar-refractivity contribution is -0.134. The van der Waals surface area contributed by atoms with Gasteiger partial charge in [-0.1, -0.05) is 18.9 Å². The van der Waals surface area contributed by atoms with Gasteiger partial charge in [0.05, 0.1) is 7.11 Å². The van der Waals surface area contributed by atoms with E-state index in [0.717, 1.165) is 18.9 Å². The molecule has 0 fully saturated rings. The van der Waals surface area contributed by atoms with E-state index in [0.29, 0.717) is 23.8 Å². The molecule has 9 heteroatoms. The molecule has 0 radical (unpaired) electrons. The number of carbonyl (C=O) groups excluding carboxylic acids is 1. The average Bonchev–Trinajstić information content (AvgIpc) is 2.52. The molecule has 0 saturated carbocycles. The molecule has 0 aliphatic carbocycles. The van der Waals surface area contributed by atoms with Gasteiger partial charge in [0.25, 0.3) is 0 Å². The Kier molecular flexibility index (Phi) is 9.35. The fourth-order valence-electron chi connectivity index (χ4n) is 1.98. The van der Waals surface area contributed by atoms with Gasteiger partial charge in [-0.25, -0.2) is 4.79 Å². The van der Waals surface area contributed by atoms with E-state index in [1.54, 1.807) is 18.2 Å². The molecule has 1 N–H and O–H groups in total. The summed E-state index contributed by atoms with van der Waals surface area (Å²) in [6.45, 7) is 0. The van der Waals surface area contributed by atoms with Gasteiger partial charge in [-0.3, -0.25) is 4.79 Å². The van der Waals surface area contributed by atoms with E-state index < -0.39 is 12.0 Å². The van der Waals surface area contributed by atoms with Crippen molar-refractivity contribution >= 4 is 57.3 Å². The van der Waals surface area contributed by atoms with Crippen LogP contribution in [0.2, 0.25) is 6.04 Å². The number of esters is 1. The van der Waals surface area contributed by atoms with Crippen molar-refractivity contribution in [1.82, 2.24) is 0 Å². The first kappa shape index (κ1) is 21.8. The summed E-state index contributed by atoms with van der Waals surface area (Å²) >= 11 is 17.4. The number of methoxy groups -OCH3 is 1. The molecule has 0 unspecified atom stereocenters. The van der Waals surface area contributed by atoms with Crippen molar-refractivity contribution in [3.63, 3.8) is 0 Å². The molecular weight excluding hydrogens is 407 g/mol. The highest BCUT2D eigenvalue weighted by Gasteiger charge is 2.23. The molecule has 0 amide bonds. The van der Waals surface area contributed by atoms with E-state index in [4.69, 9.17) is 47.8 Å². The predicted octanol–water partition coefficient (Wildman–Crippen LogP) is 4.91. The predicted molar refractivity (Wildman–Crippen MR) is 102 cm³/mol. The molecule has 0 heterocycles. The third kappa shape index (κ3) is 9.74. The Morgan fingerprint density at radius 3 is 2.48 bits per heavy atom. The number of halogens is 3. The van der Waals surface area contributed by atoms with Gasteiger partial charge < -0.3 is 14.6 Å². The normalized spacial score (nSPS) is 11.5. The number of ether oxygens (including phenoxy) is 2. The van der Waals surface area contributed by atoms with Crippen LogP contribution in [0.5, 0.6) is 11.5 Å². The van der Waals surface area contributed by atoms with E-state index in [1.165, 1.54) is 13.2 Å². The summed E-state index contributed by atoms with van der Waals surface area (Å²) in [4.78, 5) is 22.4. The molecule has 1 aromatic carbocycles. The zero-order chi connectivity index (χ0) is 18.9. The van der Waals surface area contributed by atoms with Gasteiger partial charge >= 0.3 is 17.9 Å². The topological polar surface area (TPSA) is 72.8 Å². The maximum Gasteiger partial charge on any atom is 0.341 e. The van der Waals surface area contributed by atoms with E-state index in [9.17, 15) is 9.59 Å². The Bertz CT molecular complexity index is 629. The van der Waals surface area contributed by atoms with Crippen molar-refractivity contribution in [3.8, 4) is 11.5 Å².